The number of benzene rings is 1. The highest BCUT2D eigenvalue weighted by molar-refractivity contribution is 7.89. The fraction of sp³-hybridized carbons (Fsp3) is 0.409. The number of aromatic nitrogens is 1. The lowest BCUT2D eigenvalue weighted by Crippen LogP contribution is -2.66. The molecular weight excluding hydrogens is 483 g/mol. The molecular formula is C22H25FN4O7S. The van der Waals surface area contributed by atoms with Crippen LogP contribution in [0.15, 0.2) is 47.5 Å². The largest absolute Gasteiger partial charge is 0.447 e. The van der Waals surface area contributed by atoms with Gasteiger partial charge in [0.1, 0.15) is 23.4 Å². The molecule has 35 heavy (non-hydrogen) atoms. The van der Waals surface area contributed by atoms with Crippen LogP contribution in [-0.2, 0) is 24.3 Å². The third-order valence-electron chi connectivity index (χ3n) is 6.18. The second-order valence-corrected chi connectivity index (χ2v) is 10.1. The molecule has 2 aliphatic heterocycles. The summed E-state index contributed by atoms with van der Waals surface area (Å²) in [7, 11) is -2.78. The molecule has 3 atom stereocenters. The van der Waals surface area contributed by atoms with Crippen LogP contribution in [0, 0.1) is 5.82 Å². The molecule has 13 heteroatoms. The summed E-state index contributed by atoms with van der Waals surface area (Å²) in [5.41, 5.74) is 2.37. The number of methoxy groups -OCH3 is 1. The first-order valence-corrected chi connectivity index (χ1v) is 12.3. The maximum absolute atomic E-state index is 13.5. The van der Waals surface area contributed by atoms with Crippen LogP contribution in [0.25, 0.3) is 11.3 Å². The van der Waals surface area contributed by atoms with E-state index in [0.717, 1.165) is 10.5 Å². The van der Waals surface area contributed by atoms with Gasteiger partial charge in [-0.2, -0.15) is 4.31 Å². The van der Waals surface area contributed by atoms with Gasteiger partial charge in [-0.05, 0) is 37.1 Å². The predicted octanol–water partition coefficient (Wildman–Crippen LogP) is 1.38. The van der Waals surface area contributed by atoms with Gasteiger partial charge < -0.3 is 9.47 Å². The second kappa shape index (κ2) is 10.2. The molecule has 2 saturated heterocycles. The van der Waals surface area contributed by atoms with Crippen LogP contribution in [0.1, 0.15) is 12.8 Å². The number of ether oxygens (including phenoxy) is 2. The number of piperazine rings is 1. The van der Waals surface area contributed by atoms with Crippen molar-refractivity contribution in [3.8, 4) is 11.3 Å². The van der Waals surface area contributed by atoms with Gasteiger partial charge in [0, 0.05) is 31.5 Å². The monoisotopic (exact) mass is 508 g/mol. The molecule has 1 aromatic heterocycles. The Labute approximate surface area is 201 Å². The molecule has 2 fully saturated rings. The van der Waals surface area contributed by atoms with E-state index >= 15 is 0 Å². The van der Waals surface area contributed by atoms with E-state index in [2.05, 4.69) is 4.98 Å². The number of sulfonamides is 1. The maximum atomic E-state index is 13.5. The molecule has 188 valence electrons. The Morgan fingerprint density at radius 3 is 2.69 bits per heavy atom. The van der Waals surface area contributed by atoms with Gasteiger partial charge in [0.2, 0.25) is 10.0 Å². The molecule has 2 aliphatic rings. The zero-order chi connectivity index (χ0) is 25.2. The number of nitrogens with one attached hydrogen (secondary N) is 1. The molecule has 2 bridgehead atoms. The highest BCUT2D eigenvalue weighted by atomic mass is 32.2. The predicted molar refractivity (Wildman–Crippen MR) is 119 cm³/mol. The number of pyridine rings is 1. The molecule has 0 saturated carbocycles. The average molecular weight is 509 g/mol. The lowest BCUT2D eigenvalue weighted by Gasteiger charge is -2.44. The van der Waals surface area contributed by atoms with E-state index in [4.69, 9.17) is 9.47 Å². The molecule has 0 unspecified atom stereocenters. The highest BCUT2D eigenvalue weighted by Gasteiger charge is 2.55. The summed E-state index contributed by atoms with van der Waals surface area (Å²) in [6.07, 6.45) is 1.27. The number of hydroxylamine groups is 1. The van der Waals surface area contributed by atoms with E-state index < -0.39 is 46.0 Å². The topological polar surface area (TPSA) is 138 Å². The van der Waals surface area contributed by atoms with Crippen molar-refractivity contribution >= 4 is 22.0 Å². The second-order valence-electron chi connectivity index (χ2n) is 8.20. The van der Waals surface area contributed by atoms with Gasteiger partial charge in [0.05, 0.1) is 18.3 Å². The number of rotatable bonds is 7. The Bertz CT molecular complexity index is 1190. The minimum absolute atomic E-state index is 0.00742. The van der Waals surface area contributed by atoms with E-state index in [1.165, 1.54) is 47.8 Å². The van der Waals surface area contributed by atoms with E-state index in [1.807, 2.05) is 0 Å². The number of hydrogen-bond acceptors (Lipinski definition) is 8. The lowest BCUT2D eigenvalue weighted by molar-refractivity contribution is -0.136. The smallest absolute Gasteiger partial charge is 0.410 e. The summed E-state index contributed by atoms with van der Waals surface area (Å²) in [5, 5.41) is 9.34. The first kappa shape index (κ1) is 25.0. The van der Waals surface area contributed by atoms with Crippen LogP contribution in [0.5, 0.6) is 0 Å². The van der Waals surface area contributed by atoms with Gasteiger partial charge >= 0.3 is 6.09 Å². The van der Waals surface area contributed by atoms with Crippen molar-refractivity contribution in [2.45, 2.75) is 35.9 Å². The van der Waals surface area contributed by atoms with Gasteiger partial charge in [-0.1, -0.05) is 12.1 Å². The third-order valence-corrected chi connectivity index (χ3v) is 8.01. The minimum atomic E-state index is -4.24. The molecule has 1 aromatic carbocycles. The summed E-state index contributed by atoms with van der Waals surface area (Å²) in [5.74, 6) is -1.41. The number of nitrogens with zero attached hydrogens (tertiary/aromatic N) is 3. The van der Waals surface area contributed by atoms with Crippen LogP contribution in [-0.4, -0.2) is 84.8 Å². The number of hydrogen-bond donors (Lipinski definition) is 2. The van der Waals surface area contributed by atoms with Crippen molar-refractivity contribution in [1.29, 1.82) is 0 Å². The van der Waals surface area contributed by atoms with Crippen molar-refractivity contribution in [1.82, 2.24) is 19.7 Å². The summed E-state index contributed by atoms with van der Waals surface area (Å²) < 4.78 is 51.7. The zero-order valence-corrected chi connectivity index (χ0v) is 19.7. The van der Waals surface area contributed by atoms with Crippen molar-refractivity contribution in [2.75, 3.05) is 26.9 Å². The molecule has 2 N–H and O–H groups in total. The fourth-order valence-corrected chi connectivity index (χ4v) is 6.19. The highest BCUT2D eigenvalue weighted by Crippen LogP contribution is 2.37. The summed E-state index contributed by atoms with van der Waals surface area (Å²) in [4.78, 5) is 30.6. The van der Waals surface area contributed by atoms with Crippen molar-refractivity contribution in [3.63, 3.8) is 0 Å². The molecule has 3 heterocycles. The lowest BCUT2D eigenvalue weighted by atomic mass is 10.1. The van der Waals surface area contributed by atoms with Crippen LogP contribution >= 0.6 is 0 Å². The number of carbonyl (C=O) groups is 2. The SMILES string of the molecule is COCCOC(=O)N1[C@@H]2CC[C@H]1[C@H](C(=O)NO)N(S(=O)(=O)c1ccc(-c3cccc(F)c3)nc1)C2. The third kappa shape index (κ3) is 4.85. The standard InChI is InChI=1S/C22H25FN4O7S/c1-33-9-10-34-22(29)27-16-5-8-19(27)20(21(28)25-30)26(13-16)35(31,32)17-6-7-18(24-12-17)14-3-2-4-15(23)11-14/h2-4,6-7,11-12,16,19-20,30H,5,8-10,13H2,1H3,(H,25,28)/t16-,19+,20-/m1/s1. The van der Waals surface area contributed by atoms with E-state index in [0.29, 0.717) is 24.1 Å². The summed E-state index contributed by atoms with van der Waals surface area (Å²) >= 11 is 0. The fourth-order valence-electron chi connectivity index (χ4n) is 4.59. The van der Waals surface area contributed by atoms with Gasteiger partial charge in [0.25, 0.3) is 5.91 Å². The molecule has 11 nitrogen and oxygen atoms in total. The summed E-state index contributed by atoms with van der Waals surface area (Å²) in [6, 6.07) is 5.79. The zero-order valence-electron chi connectivity index (χ0n) is 18.8. The number of carbonyl (C=O) groups excluding carboxylic acids is 2. The molecule has 2 amide bonds. The maximum Gasteiger partial charge on any atom is 0.410 e. The Balaban J connectivity index is 1.62. The number of fused-ring (bicyclic) bond motifs is 2. The number of halogens is 1. The number of amides is 2. The summed E-state index contributed by atoms with van der Waals surface area (Å²) in [6.45, 7) is 0.0318. The normalized spacial score (nSPS) is 22.1. The van der Waals surface area contributed by atoms with Crippen LogP contribution < -0.4 is 5.48 Å². The van der Waals surface area contributed by atoms with Gasteiger partial charge in [-0.25, -0.2) is 23.1 Å². The first-order valence-electron chi connectivity index (χ1n) is 10.9. The Morgan fingerprint density at radius 1 is 1.23 bits per heavy atom. The van der Waals surface area contributed by atoms with Gasteiger partial charge in [-0.3, -0.25) is 19.9 Å². The quantitative estimate of drug-likeness (QED) is 0.325. The molecule has 2 aromatic rings. The van der Waals surface area contributed by atoms with E-state index in [9.17, 15) is 27.6 Å². The van der Waals surface area contributed by atoms with Crippen molar-refractivity contribution in [3.05, 3.63) is 48.4 Å². The van der Waals surface area contributed by atoms with Crippen LogP contribution in [0.3, 0.4) is 0 Å². The van der Waals surface area contributed by atoms with E-state index in [1.54, 1.807) is 6.07 Å². The molecule has 0 spiro atoms. The molecule has 0 radical (unpaired) electrons. The minimum Gasteiger partial charge on any atom is -0.447 e. The van der Waals surface area contributed by atoms with Crippen molar-refractivity contribution in [2.24, 2.45) is 0 Å². The van der Waals surface area contributed by atoms with Gasteiger partial charge in [-0.15, -0.1) is 0 Å². The Hall–Kier alpha value is -3.13. The average Bonchev–Trinajstić information content (AvgIpc) is 3.16. The van der Waals surface area contributed by atoms with Gasteiger partial charge in [0.15, 0.2) is 0 Å². The van der Waals surface area contributed by atoms with Crippen LogP contribution in [0.2, 0.25) is 0 Å². The van der Waals surface area contributed by atoms with Crippen LogP contribution in [0.4, 0.5) is 9.18 Å². The molecule has 0 aliphatic carbocycles. The Morgan fingerprint density at radius 2 is 2.03 bits per heavy atom. The Kier molecular flexibility index (Phi) is 7.31. The van der Waals surface area contributed by atoms with E-state index in [-0.39, 0.29) is 24.7 Å². The van der Waals surface area contributed by atoms with Crippen molar-refractivity contribution < 1.29 is 37.1 Å². The molecule has 4 rings (SSSR count). The first-order chi connectivity index (χ1) is 16.8.